The molecule has 1 aliphatic rings. The van der Waals surface area contributed by atoms with Gasteiger partial charge < -0.3 is 14.6 Å². The van der Waals surface area contributed by atoms with Gasteiger partial charge in [-0.1, -0.05) is 20.8 Å². The molecule has 1 N–H and O–H groups in total. The minimum absolute atomic E-state index is 0.465. The van der Waals surface area contributed by atoms with Crippen molar-refractivity contribution >= 4 is 12.1 Å². The van der Waals surface area contributed by atoms with Crippen molar-refractivity contribution in [1.82, 2.24) is 4.90 Å². The SMILES string of the molecule is CC(C)(C)OC(=O)N1[C@@H](C(C)(C)C)[C@H](C(=O)O)OC1(C)C. The van der Waals surface area contributed by atoms with E-state index in [2.05, 4.69) is 0 Å². The summed E-state index contributed by atoms with van der Waals surface area (Å²) in [4.78, 5) is 25.4. The highest BCUT2D eigenvalue weighted by atomic mass is 16.6. The number of carboxylic acids is 1. The lowest BCUT2D eigenvalue weighted by Crippen LogP contribution is -2.55. The molecule has 1 amide bonds. The third-order valence-electron chi connectivity index (χ3n) is 3.28. The van der Waals surface area contributed by atoms with Gasteiger partial charge in [-0.15, -0.1) is 0 Å². The topological polar surface area (TPSA) is 76.1 Å². The van der Waals surface area contributed by atoms with Gasteiger partial charge in [0.25, 0.3) is 0 Å². The second-order valence-electron chi connectivity index (χ2n) is 7.98. The van der Waals surface area contributed by atoms with Crippen LogP contribution in [-0.4, -0.2) is 45.5 Å². The number of rotatable bonds is 1. The van der Waals surface area contributed by atoms with Crippen molar-refractivity contribution < 1.29 is 24.2 Å². The average Bonchev–Trinajstić information content (AvgIpc) is 2.46. The molecule has 1 fully saturated rings. The number of hydrogen-bond acceptors (Lipinski definition) is 4. The van der Waals surface area contributed by atoms with Crippen LogP contribution in [0, 0.1) is 5.41 Å². The maximum atomic E-state index is 12.5. The molecule has 0 aromatic carbocycles. The van der Waals surface area contributed by atoms with E-state index in [1.54, 1.807) is 34.6 Å². The second kappa shape index (κ2) is 5.16. The molecular weight excluding hydrogens is 274 g/mol. The number of aliphatic carboxylic acids is 1. The van der Waals surface area contributed by atoms with E-state index in [4.69, 9.17) is 9.47 Å². The Hall–Kier alpha value is -1.30. The van der Waals surface area contributed by atoms with Gasteiger partial charge in [0.15, 0.2) is 6.10 Å². The number of carbonyl (C=O) groups is 2. The second-order valence-corrected chi connectivity index (χ2v) is 7.98. The lowest BCUT2D eigenvalue weighted by molar-refractivity contribution is -0.155. The Morgan fingerprint density at radius 2 is 1.62 bits per heavy atom. The van der Waals surface area contributed by atoms with Crippen LogP contribution in [0.3, 0.4) is 0 Å². The summed E-state index contributed by atoms with van der Waals surface area (Å²) in [6.07, 6.45) is -1.64. The molecule has 0 aliphatic carbocycles. The Labute approximate surface area is 126 Å². The fraction of sp³-hybridized carbons (Fsp3) is 0.867. The van der Waals surface area contributed by atoms with E-state index < -0.39 is 40.9 Å². The van der Waals surface area contributed by atoms with Crippen molar-refractivity contribution in [2.75, 3.05) is 0 Å². The van der Waals surface area contributed by atoms with Crippen molar-refractivity contribution in [3.63, 3.8) is 0 Å². The van der Waals surface area contributed by atoms with E-state index in [1.807, 2.05) is 20.8 Å². The summed E-state index contributed by atoms with van der Waals surface area (Å²) in [5, 5.41) is 9.41. The highest BCUT2D eigenvalue weighted by Gasteiger charge is 2.57. The van der Waals surface area contributed by atoms with E-state index in [-0.39, 0.29) is 0 Å². The van der Waals surface area contributed by atoms with E-state index >= 15 is 0 Å². The fourth-order valence-electron chi connectivity index (χ4n) is 2.57. The van der Waals surface area contributed by atoms with Crippen LogP contribution < -0.4 is 0 Å². The predicted molar refractivity (Wildman–Crippen MR) is 77.9 cm³/mol. The van der Waals surface area contributed by atoms with Gasteiger partial charge >= 0.3 is 12.1 Å². The fourth-order valence-corrected chi connectivity index (χ4v) is 2.57. The monoisotopic (exact) mass is 301 g/mol. The molecule has 0 radical (unpaired) electrons. The Morgan fingerprint density at radius 3 is 1.95 bits per heavy atom. The van der Waals surface area contributed by atoms with Crippen LogP contribution in [0.25, 0.3) is 0 Å². The van der Waals surface area contributed by atoms with E-state index in [1.165, 1.54) is 4.90 Å². The zero-order chi connectivity index (χ0) is 16.8. The quantitative estimate of drug-likeness (QED) is 0.806. The van der Waals surface area contributed by atoms with Gasteiger partial charge in [-0.25, -0.2) is 9.59 Å². The number of nitrogens with zero attached hydrogens (tertiary/aromatic N) is 1. The predicted octanol–water partition coefficient (Wildman–Crippen LogP) is 2.86. The molecule has 0 aromatic rings. The maximum absolute atomic E-state index is 12.5. The largest absolute Gasteiger partial charge is 0.479 e. The molecule has 0 bridgehead atoms. The Balaban J connectivity index is 3.23. The van der Waals surface area contributed by atoms with Crippen LogP contribution in [-0.2, 0) is 14.3 Å². The molecule has 2 atom stereocenters. The van der Waals surface area contributed by atoms with Crippen LogP contribution in [0.2, 0.25) is 0 Å². The first-order chi connectivity index (χ1) is 9.17. The summed E-state index contributed by atoms with van der Waals surface area (Å²) in [6.45, 7) is 14.3. The summed E-state index contributed by atoms with van der Waals surface area (Å²) in [7, 11) is 0. The first kappa shape index (κ1) is 17.8. The third kappa shape index (κ3) is 3.87. The van der Waals surface area contributed by atoms with Gasteiger partial charge in [0.05, 0.1) is 6.04 Å². The van der Waals surface area contributed by atoms with Crippen LogP contribution in [0.5, 0.6) is 0 Å². The van der Waals surface area contributed by atoms with Crippen LogP contribution in [0.15, 0.2) is 0 Å². The van der Waals surface area contributed by atoms with E-state index in [0.29, 0.717) is 0 Å². The number of hydrogen-bond donors (Lipinski definition) is 1. The Kier molecular flexibility index (Phi) is 4.36. The van der Waals surface area contributed by atoms with Gasteiger partial charge in [-0.3, -0.25) is 4.90 Å². The molecule has 21 heavy (non-hydrogen) atoms. The van der Waals surface area contributed by atoms with Crippen molar-refractivity contribution in [3.8, 4) is 0 Å². The molecule has 1 saturated heterocycles. The zero-order valence-electron chi connectivity index (χ0n) is 14.2. The lowest BCUT2D eigenvalue weighted by atomic mass is 9.82. The van der Waals surface area contributed by atoms with Crippen molar-refractivity contribution in [1.29, 1.82) is 0 Å². The number of ether oxygens (including phenoxy) is 2. The number of carbonyl (C=O) groups excluding carboxylic acids is 1. The molecule has 122 valence electrons. The minimum atomic E-state index is -1.08. The Bertz CT molecular complexity index is 430. The standard InChI is InChI=1S/C15H27NO5/c1-13(2,3)10-9(11(17)18)20-15(7,8)16(10)12(19)21-14(4,5)6/h9-10H,1-8H3,(H,17,18)/t9-,10-/m1/s1. The first-order valence-electron chi connectivity index (χ1n) is 7.10. The van der Waals surface area contributed by atoms with Crippen LogP contribution >= 0.6 is 0 Å². The van der Waals surface area contributed by atoms with Crippen molar-refractivity contribution in [2.24, 2.45) is 5.41 Å². The third-order valence-corrected chi connectivity index (χ3v) is 3.28. The van der Waals surface area contributed by atoms with E-state index in [0.717, 1.165) is 0 Å². The highest BCUT2D eigenvalue weighted by molar-refractivity contribution is 5.77. The molecule has 0 spiro atoms. The van der Waals surface area contributed by atoms with Gasteiger partial charge in [0.2, 0.25) is 0 Å². The molecule has 0 saturated carbocycles. The maximum Gasteiger partial charge on any atom is 0.412 e. The minimum Gasteiger partial charge on any atom is -0.479 e. The summed E-state index contributed by atoms with van der Waals surface area (Å²) < 4.78 is 11.0. The average molecular weight is 301 g/mol. The lowest BCUT2D eigenvalue weighted by Gasteiger charge is -2.40. The molecule has 1 heterocycles. The van der Waals surface area contributed by atoms with Crippen molar-refractivity contribution in [3.05, 3.63) is 0 Å². The van der Waals surface area contributed by atoms with E-state index in [9.17, 15) is 14.7 Å². The van der Waals surface area contributed by atoms with Gasteiger partial charge in [-0.2, -0.15) is 0 Å². The number of amides is 1. The smallest absolute Gasteiger partial charge is 0.412 e. The molecule has 1 rings (SSSR count). The molecule has 0 aromatic heterocycles. The number of carboxylic acid groups (broad SMARTS) is 1. The summed E-state index contributed by atoms with van der Waals surface area (Å²) >= 11 is 0. The molecule has 1 aliphatic heterocycles. The molecular formula is C15H27NO5. The van der Waals surface area contributed by atoms with Crippen LogP contribution in [0.4, 0.5) is 4.79 Å². The van der Waals surface area contributed by atoms with Crippen LogP contribution in [0.1, 0.15) is 55.4 Å². The van der Waals surface area contributed by atoms with Gasteiger partial charge in [-0.05, 0) is 40.0 Å². The summed E-state index contributed by atoms with van der Waals surface area (Å²) in [6, 6.07) is -0.611. The van der Waals surface area contributed by atoms with Gasteiger partial charge in [0, 0.05) is 0 Å². The zero-order valence-corrected chi connectivity index (χ0v) is 14.2. The van der Waals surface area contributed by atoms with Gasteiger partial charge in [0.1, 0.15) is 11.3 Å². The first-order valence-corrected chi connectivity index (χ1v) is 7.10. The summed E-state index contributed by atoms with van der Waals surface area (Å²) in [5.74, 6) is -1.07. The molecule has 0 unspecified atom stereocenters. The Morgan fingerprint density at radius 1 is 1.14 bits per heavy atom. The summed E-state index contributed by atoms with van der Waals surface area (Å²) in [5.41, 5.74) is -2.16. The highest BCUT2D eigenvalue weighted by Crippen LogP contribution is 2.41. The normalized spacial score (nSPS) is 25.8. The molecule has 6 heteroatoms. The van der Waals surface area contributed by atoms with Crippen molar-refractivity contribution in [2.45, 2.75) is 78.9 Å². The molecule has 6 nitrogen and oxygen atoms in total.